The van der Waals surface area contributed by atoms with Crippen molar-refractivity contribution in [2.45, 2.75) is 32.9 Å². The number of aliphatic hydroxyl groups excluding tert-OH is 1. The van der Waals surface area contributed by atoms with Crippen LogP contribution in [0, 0.1) is 6.92 Å². The van der Waals surface area contributed by atoms with Gasteiger partial charge in [-0.2, -0.15) is 5.10 Å². The Labute approximate surface area is 111 Å². The molecule has 2 aromatic rings. The first kappa shape index (κ1) is 13.8. The lowest BCUT2D eigenvalue weighted by molar-refractivity contribution is 0.150. The normalized spacial score (nSPS) is 13.0. The van der Waals surface area contributed by atoms with Gasteiger partial charge in [0, 0.05) is 18.9 Å². The summed E-state index contributed by atoms with van der Waals surface area (Å²) in [4.78, 5) is 12.2. The second-order valence-corrected chi connectivity index (χ2v) is 4.73. The second-order valence-electron chi connectivity index (χ2n) is 4.73. The molecule has 0 radical (unpaired) electrons. The molecule has 6 nitrogen and oxygen atoms in total. The van der Waals surface area contributed by atoms with Crippen LogP contribution in [0.25, 0.3) is 5.52 Å². The fourth-order valence-corrected chi connectivity index (χ4v) is 2.03. The van der Waals surface area contributed by atoms with E-state index in [-0.39, 0.29) is 12.1 Å². The number of aliphatic hydroxyl groups is 1. The van der Waals surface area contributed by atoms with Crippen LogP contribution in [0.15, 0.2) is 23.3 Å². The van der Waals surface area contributed by atoms with E-state index >= 15 is 0 Å². The van der Waals surface area contributed by atoms with Gasteiger partial charge in [-0.3, -0.25) is 4.79 Å². The molecular weight excluding hydrogens is 244 g/mol. The van der Waals surface area contributed by atoms with Crippen LogP contribution in [-0.2, 0) is 6.54 Å². The van der Waals surface area contributed by atoms with Gasteiger partial charge in [-0.1, -0.05) is 6.92 Å². The minimum Gasteiger partial charge on any atom is -0.390 e. The summed E-state index contributed by atoms with van der Waals surface area (Å²) in [7, 11) is 0. The van der Waals surface area contributed by atoms with Crippen LogP contribution in [-0.4, -0.2) is 38.5 Å². The maximum absolute atomic E-state index is 12.2. The van der Waals surface area contributed by atoms with Gasteiger partial charge in [0.15, 0.2) is 0 Å². The topological polar surface area (TPSA) is 71.6 Å². The second kappa shape index (κ2) is 5.99. The highest BCUT2D eigenvalue weighted by molar-refractivity contribution is 5.44. The van der Waals surface area contributed by atoms with Crippen LogP contribution < -0.4 is 10.9 Å². The Bertz CT molecular complexity index is 602. The van der Waals surface area contributed by atoms with Crippen LogP contribution in [0.4, 0.5) is 0 Å². The summed E-state index contributed by atoms with van der Waals surface area (Å²) in [6.45, 7) is 5.56. The van der Waals surface area contributed by atoms with Crippen molar-refractivity contribution in [3.63, 3.8) is 0 Å². The number of aryl methyl sites for hydroxylation is 1. The molecule has 0 saturated carbocycles. The van der Waals surface area contributed by atoms with Gasteiger partial charge in [-0.05, 0) is 26.0 Å². The number of hydrogen-bond donors (Lipinski definition) is 2. The molecule has 6 heteroatoms. The van der Waals surface area contributed by atoms with Crippen molar-refractivity contribution in [2.75, 3.05) is 13.1 Å². The third-order valence-corrected chi connectivity index (χ3v) is 2.94. The number of rotatable bonds is 6. The molecule has 0 saturated heterocycles. The van der Waals surface area contributed by atoms with E-state index in [2.05, 4.69) is 17.3 Å². The Morgan fingerprint density at radius 3 is 3.00 bits per heavy atom. The Kier molecular flexibility index (Phi) is 4.34. The van der Waals surface area contributed by atoms with Crippen LogP contribution >= 0.6 is 0 Å². The average molecular weight is 264 g/mol. The minimum absolute atomic E-state index is 0.127. The van der Waals surface area contributed by atoms with Crippen molar-refractivity contribution >= 4 is 5.52 Å². The lowest BCUT2D eigenvalue weighted by Gasteiger charge is -2.13. The van der Waals surface area contributed by atoms with E-state index in [9.17, 15) is 9.90 Å². The van der Waals surface area contributed by atoms with E-state index in [1.165, 1.54) is 4.57 Å². The van der Waals surface area contributed by atoms with Crippen molar-refractivity contribution in [3.8, 4) is 0 Å². The molecular formula is C13H20N4O2. The van der Waals surface area contributed by atoms with Crippen molar-refractivity contribution < 1.29 is 5.11 Å². The largest absolute Gasteiger partial charge is 0.390 e. The predicted molar refractivity (Wildman–Crippen MR) is 73.4 cm³/mol. The van der Waals surface area contributed by atoms with Crippen LogP contribution in [0.3, 0.4) is 0 Å². The Balaban J connectivity index is 2.12. The molecule has 0 aliphatic rings. The van der Waals surface area contributed by atoms with Gasteiger partial charge in [-0.15, -0.1) is 0 Å². The smallest absolute Gasteiger partial charge is 0.276 e. The van der Waals surface area contributed by atoms with Gasteiger partial charge >= 0.3 is 0 Å². The third-order valence-electron chi connectivity index (χ3n) is 2.94. The monoisotopic (exact) mass is 264 g/mol. The quantitative estimate of drug-likeness (QED) is 0.729. The summed E-state index contributed by atoms with van der Waals surface area (Å²) < 4.78 is 3.09. The molecule has 0 spiro atoms. The minimum atomic E-state index is -0.573. The van der Waals surface area contributed by atoms with Crippen LogP contribution in [0.2, 0.25) is 0 Å². The van der Waals surface area contributed by atoms with Crippen molar-refractivity contribution in [2.24, 2.45) is 0 Å². The van der Waals surface area contributed by atoms with E-state index in [4.69, 9.17) is 0 Å². The zero-order chi connectivity index (χ0) is 13.8. The van der Waals surface area contributed by atoms with Gasteiger partial charge in [0.25, 0.3) is 5.56 Å². The molecule has 0 aliphatic carbocycles. The van der Waals surface area contributed by atoms with Gasteiger partial charge in [0.05, 0.1) is 18.3 Å². The summed E-state index contributed by atoms with van der Waals surface area (Å²) in [6.07, 6.45) is 3.84. The lowest BCUT2D eigenvalue weighted by atomic mass is 10.3. The SMILES string of the molecule is CCCNCC(O)Cn1ccn2nc(C)cc2c1=O. The van der Waals surface area contributed by atoms with Crippen molar-refractivity contribution in [3.05, 3.63) is 34.5 Å². The average Bonchev–Trinajstić information content (AvgIpc) is 2.75. The van der Waals surface area contributed by atoms with Gasteiger partial charge in [0.1, 0.15) is 5.52 Å². The standard InChI is InChI=1S/C13H20N4O2/c1-3-4-14-8-11(18)9-16-5-6-17-12(13(16)19)7-10(2)15-17/h5-7,11,14,18H,3-4,8-9H2,1-2H3. The molecule has 2 aromatic heterocycles. The zero-order valence-electron chi connectivity index (χ0n) is 11.3. The van der Waals surface area contributed by atoms with E-state index in [0.29, 0.717) is 12.1 Å². The number of aromatic nitrogens is 3. The Morgan fingerprint density at radius 2 is 2.26 bits per heavy atom. The Hall–Kier alpha value is -1.66. The predicted octanol–water partition coefficient (Wildman–Crippen LogP) is 0.165. The zero-order valence-corrected chi connectivity index (χ0v) is 11.3. The molecule has 0 aromatic carbocycles. The maximum Gasteiger partial charge on any atom is 0.276 e. The molecule has 2 rings (SSSR count). The van der Waals surface area contributed by atoms with E-state index in [0.717, 1.165) is 18.7 Å². The highest BCUT2D eigenvalue weighted by atomic mass is 16.3. The molecule has 0 aliphatic heterocycles. The summed E-state index contributed by atoms with van der Waals surface area (Å²) in [5, 5.41) is 17.2. The number of nitrogens with zero attached hydrogens (tertiary/aromatic N) is 3. The van der Waals surface area contributed by atoms with E-state index in [1.54, 1.807) is 23.0 Å². The summed E-state index contributed by atoms with van der Waals surface area (Å²) in [5.74, 6) is 0. The first-order chi connectivity index (χ1) is 9.11. The molecule has 104 valence electrons. The summed E-state index contributed by atoms with van der Waals surface area (Å²) in [6, 6.07) is 1.75. The van der Waals surface area contributed by atoms with Gasteiger partial charge in [0.2, 0.25) is 0 Å². The fourth-order valence-electron chi connectivity index (χ4n) is 2.03. The fraction of sp³-hybridized carbons (Fsp3) is 0.538. The summed E-state index contributed by atoms with van der Waals surface area (Å²) in [5.41, 5.74) is 1.21. The lowest BCUT2D eigenvalue weighted by Crippen LogP contribution is -2.34. The van der Waals surface area contributed by atoms with E-state index in [1.807, 2.05) is 6.92 Å². The molecule has 0 fully saturated rings. The molecule has 0 bridgehead atoms. The number of hydrogen-bond acceptors (Lipinski definition) is 4. The highest BCUT2D eigenvalue weighted by Crippen LogP contribution is 2.00. The van der Waals surface area contributed by atoms with Crippen molar-refractivity contribution in [1.29, 1.82) is 0 Å². The first-order valence-electron chi connectivity index (χ1n) is 6.56. The molecule has 1 unspecified atom stereocenters. The number of nitrogens with one attached hydrogen (secondary N) is 1. The van der Waals surface area contributed by atoms with Gasteiger partial charge < -0.3 is 15.0 Å². The molecule has 2 N–H and O–H groups in total. The maximum atomic E-state index is 12.2. The van der Waals surface area contributed by atoms with Crippen LogP contribution in [0.1, 0.15) is 19.0 Å². The van der Waals surface area contributed by atoms with Gasteiger partial charge in [-0.25, -0.2) is 4.52 Å². The molecule has 0 amide bonds. The highest BCUT2D eigenvalue weighted by Gasteiger charge is 2.09. The number of fused-ring (bicyclic) bond motifs is 1. The Morgan fingerprint density at radius 1 is 1.47 bits per heavy atom. The first-order valence-corrected chi connectivity index (χ1v) is 6.56. The van der Waals surface area contributed by atoms with Crippen molar-refractivity contribution in [1.82, 2.24) is 19.5 Å². The molecule has 1 atom stereocenters. The van der Waals surface area contributed by atoms with E-state index < -0.39 is 6.10 Å². The molecule has 2 heterocycles. The molecule has 19 heavy (non-hydrogen) atoms. The summed E-state index contributed by atoms with van der Waals surface area (Å²) >= 11 is 0. The van der Waals surface area contributed by atoms with Crippen LogP contribution in [0.5, 0.6) is 0 Å². The third kappa shape index (κ3) is 3.21.